The van der Waals surface area contributed by atoms with Gasteiger partial charge in [-0.2, -0.15) is 11.8 Å². The third-order valence-electron chi connectivity index (χ3n) is 3.60. The first-order valence-corrected chi connectivity index (χ1v) is 8.52. The lowest BCUT2D eigenvalue weighted by atomic mass is 10.2. The maximum atomic E-state index is 4.27. The molecule has 0 aliphatic carbocycles. The predicted molar refractivity (Wildman–Crippen MR) is 87.2 cm³/mol. The minimum Gasteiger partial charge on any atom is -0.356 e. The second kappa shape index (κ2) is 8.69. The molecular weight excluding hydrogens is 256 g/mol. The molecule has 0 amide bonds. The van der Waals surface area contributed by atoms with Crippen LogP contribution in [0.2, 0.25) is 0 Å². The maximum absolute atomic E-state index is 4.27. The summed E-state index contributed by atoms with van der Waals surface area (Å²) >= 11 is 1.87. The van der Waals surface area contributed by atoms with Gasteiger partial charge in [0.25, 0.3) is 0 Å². The normalized spacial score (nSPS) is 17.8. The van der Waals surface area contributed by atoms with E-state index in [0.29, 0.717) is 0 Å². The van der Waals surface area contributed by atoms with Gasteiger partial charge in [-0.3, -0.25) is 4.99 Å². The number of hydrogen-bond acceptors (Lipinski definition) is 3. The quantitative estimate of drug-likeness (QED) is 0.425. The van der Waals surface area contributed by atoms with E-state index in [1.807, 2.05) is 18.8 Å². The van der Waals surface area contributed by atoms with Crippen LogP contribution in [-0.2, 0) is 0 Å². The fourth-order valence-corrected chi connectivity index (χ4v) is 2.32. The summed E-state index contributed by atoms with van der Waals surface area (Å²) in [5, 5.41) is 6.79. The third-order valence-corrected chi connectivity index (χ3v) is 4.85. The molecule has 0 atom stereocenters. The van der Waals surface area contributed by atoms with Crippen molar-refractivity contribution < 1.29 is 0 Å². The maximum Gasteiger partial charge on any atom is 0.191 e. The van der Waals surface area contributed by atoms with Gasteiger partial charge in [0.15, 0.2) is 5.96 Å². The Kier molecular flexibility index (Phi) is 7.61. The van der Waals surface area contributed by atoms with Crippen molar-refractivity contribution in [2.24, 2.45) is 4.99 Å². The van der Waals surface area contributed by atoms with Crippen LogP contribution in [0.3, 0.4) is 0 Å². The van der Waals surface area contributed by atoms with Crippen molar-refractivity contribution in [1.29, 1.82) is 0 Å². The summed E-state index contributed by atoms with van der Waals surface area (Å²) in [5.74, 6) is 0.920. The van der Waals surface area contributed by atoms with Crippen LogP contribution >= 0.6 is 11.8 Å². The van der Waals surface area contributed by atoms with Gasteiger partial charge in [0.05, 0.1) is 0 Å². The van der Waals surface area contributed by atoms with Crippen LogP contribution < -0.4 is 10.6 Å². The monoisotopic (exact) mass is 286 g/mol. The lowest BCUT2D eigenvalue weighted by Gasteiger charge is -2.24. The van der Waals surface area contributed by atoms with Gasteiger partial charge in [-0.25, -0.2) is 0 Å². The Bertz CT molecular complexity index is 273. The molecule has 1 heterocycles. The van der Waals surface area contributed by atoms with Gasteiger partial charge < -0.3 is 15.5 Å². The van der Waals surface area contributed by atoms with Crippen LogP contribution in [0, 0.1) is 0 Å². The smallest absolute Gasteiger partial charge is 0.191 e. The largest absolute Gasteiger partial charge is 0.356 e. The summed E-state index contributed by atoms with van der Waals surface area (Å²) < 4.78 is 0.243. The molecule has 1 fully saturated rings. The van der Waals surface area contributed by atoms with Gasteiger partial charge in [-0.15, -0.1) is 0 Å². The van der Waals surface area contributed by atoms with Crippen LogP contribution in [0.15, 0.2) is 4.99 Å². The minimum absolute atomic E-state index is 0.243. The first-order chi connectivity index (χ1) is 9.07. The highest BCUT2D eigenvalue weighted by Crippen LogP contribution is 2.19. The molecule has 0 saturated carbocycles. The number of hydrogen-bond donors (Lipinski definition) is 2. The SMILES string of the molecule is CN=C(NCCCN1CCCC1)NCC(C)(C)SC. The number of nitrogens with zero attached hydrogens (tertiary/aromatic N) is 2. The van der Waals surface area contributed by atoms with E-state index in [0.717, 1.165) is 19.0 Å². The molecule has 5 heteroatoms. The number of likely N-dealkylation sites (tertiary alicyclic amines) is 1. The molecule has 1 rings (SSSR count). The average molecular weight is 286 g/mol. The Labute approximate surface area is 122 Å². The van der Waals surface area contributed by atoms with Crippen molar-refractivity contribution in [2.45, 2.75) is 37.9 Å². The van der Waals surface area contributed by atoms with Crippen LogP contribution in [0.25, 0.3) is 0 Å². The van der Waals surface area contributed by atoms with E-state index >= 15 is 0 Å². The number of rotatable bonds is 7. The van der Waals surface area contributed by atoms with Crippen LogP contribution in [0.5, 0.6) is 0 Å². The van der Waals surface area contributed by atoms with E-state index < -0.39 is 0 Å². The molecule has 19 heavy (non-hydrogen) atoms. The topological polar surface area (TPSA) is 39.7 Å². The van der Waals surface area contributed by atoms with Crippen molar-refractivity contribution in [3.05, 3.63) is 0 Å². The molecule has 4 nitrogen and oxygen atoms in total. The predicted octanol–water partition coefficient (Wildman–Crippen LogP) is 1.78. The lowest BCUT2D eigenvalue weighted by molar-refractivity contribution is 0.334. The van der Waals surface area contributed by atoms with E-state index in [2.05, 4.69) is 40.6 Å². The fraction of sp³-hybridized carbons (Fsp3) is 0.929. The summed E-state index contributed by atoms with van der Waals surface area (Å²) in [6.45, 7) is 10.2. The van der Waals surface area contributed by atoms with Crippen molar-refractivity contribution >= 4 is 17.7 Å². The first kappa shape index (κ1) is 16.6. The third kappa shape index (κ3) is 7.06. The highest BCUT2D eigenvalue weighted by atomic mass is 32.2. The Hall–Kier alpha value is -0.420. The van der Waals surface area contributed by atoms with Crippen molar-refractivity contribution in [2.75, 3.05) is 46.0 Å². The van der Waals surface area contributed by atoms with E-state index in [1.165, 1.54) is 38.9 Å². The van der Waals surface area contributed by atoms with Gasteiger partial charge in [-0.1, -0.05) is 0 Å². The first-order valence-electron chi connectivity index (χ1n) is 7.29. The number of nitrogens with one attached hydrogen (secondary N) is 2. The molecular formula is C14H30N4S. The highest BCUT2D eigenvalue weighted by molar-refractivity contribution is 7.99. The van der Waals surface area contributed by atoms with Crippen LogP contribution in [0.4, 0.5) is 0 Å². The zero-order chi connectivity index (χ0) is 14.1. The van der Waals surface area contributed by atoms with Gasteiger partial charge in [0.2, 0.25) is 0 Å². The van der Waals surface area contributed by atoms with Gasteiger partial charge in [0, 0.05) is 24.9 Å². The van der Waals surface area contributed by atoms with Crippen LogP contribution in [-0.4, -0.2) is 61.6 Å². The molecule has 112 valence electrons. The second-order valence-corrected chi connectivity index (χ2v) is 7.23. The summed E-state index contributed by atoms with van der Waals surface area (Å²) in [6.07, 6.45) is 6.08. The Morgan fingerprint density at radius 1 is 1.26 bits per heavy atom. The number of thioether (sulfide) groups is 1. The molecule has 0 radical (unpaired) electrons. The van der Waals surface area contributed by atoms with Crippen molar-refractivity contribution in [1.82, 2.24) is 15.5 Å². The molecule has 1 aliphatic heterocycles. The molecule has 0 bridgehead atoms. The summed E-state index contributed by atoms with van der Waals surface area (Å²) in [7, 11) is 1.84. The van der Waals surface area contributed by atoms with Crippen molar-refractivity contribution in [3.63, 3.8) is 0 Å². The fourth-order valence-electron chi connectivity index (χ4n) is 2.11. The molecule has 2 N–H and O–H groups in total. The molecule has 0 spiro atoms. The molecule has 1 saturated heterocycles. The summed E-state index contributed by atoms with van der Waals surface area (Å²) in [4.78, 5) is 6.82. The van der Waals surface area contributed by atoms with Gasteiger partial charge in [-0.05, 0) is 59.0 Å². The van der Waals surface area contributed by atoms with Gasteiger partial charge >= 0.3 is 0 Å². The lowest BCUT2D eigenvalue weighted by Crippen LogP contribution is -2.43. The molecule has 1 aliphatic rings. The minimum atomic E-state index is 0.243. The Morgan fingerprint density at radius 2 is 1.95 bits per heavy atom. The zero-order valence-corrected chi connectivity index (χ0v) is 13.8. The van der Waals surface area contributed by atoms with E-state index in [-0.39, 0.29) is 4.75 Å². The number of guanidine groups is 1. The van der Waals surface area contributed by atoms with Gasteiger partial charge in [0.1, 0.15) is 0 Å². The molecule has 0 aromatic rings. The standard InChI is InChI=1S/C14H30N4S/c1-14(2,19-4)12-17-13(15-3)16-8-7-11-18-9-5-6-10-18/h5-12H2,1-4H3,(H2,15,16,17). The van der Waals surface area contributed by atoms with E-state index in [9.17, 15) is 0 Å². The van der Waals surface area contributed by atoms with Crippen LogP contribution in [0.1, 0.15) is 33.1 Å². The van der Waals surface area contributed by atoms with E-state index in [1.54, 1.807) is 0 Å². The Morgan fingerprint density at radius 3 is 2.53 bits per heavy atom. The summed E-state index contributed by atoms with van der Waals surface area (Å²) in [6, 6.07) is 0. The average Bonchev–Trinajstić information content (AvgIpc) is 2.91. The molecule has 0 unspecified atom stereocenters. The van der Waals surface area contributed by atoms with Crippen molar-refractivity contribution in [3.8, 4) is 0 Å². The Balaban J connectivity index is 2.11. The zero-order valence-electron chi connectivity index (χ0n) is 13.0. The molecule has 0 aromatic heterocycles. The molecule has 0 aromatic carbocycles. The van der Waals surface area contributed by atoms with E-state index in [4.69, 9.17) is 0 Å². The number of aliphatic imine (C=N–C) groups is 1. The summed E-state index contributed by atoms with van der Waals surface area (Å²) in [5.41, 5.74) is 0. The second-order valence-electron chi connectivity index (χ2n) is 5.72. The highest BCUT2D eigenvalue weighted by Gasteiger charge is 2.16.